The Morgan fingerprint density at radius 3 is 1.30 bits per heavy atom. The van der Waals surface area contributed by atoms with Crippen molar-refractivity contribution in [1.29, 1.82) is 0 Å². The summed E-state index contributed by atoms with van der Waals surface area (Å²) >= 11 is 0. The summed E-state index contributed by atoms with van der Waals surface area (Å²) in [6.07, 6.45) is 0.250. The summed E-state index contributed by atoms with van der Waals surface area (Å²) < 4.78 is 31.6. The maximum absolute atomic E-state index is 8.74. The Bertz CT molecular complexity index is 134. The van der Waals surface area contributed by atoms with E-state index in [2.05, 4.69) is 5.73 Å². The van der Waals surface area contributed by atoms with Gasteiger partial charge in [-0.1, -0.05) is 0 Å². The van der Waals surface area contributed by atoms with Crippen molar-refractivity contribution in [1.82, 2.24) is 6.15 Å². The van der Waals surface area contributed by atoms with Crippen molar-refractivity contribution in [3.8, 4) is 0 Å². The molecule has 64 valence electrons. The van der Waals surface area contributed by atoms with Crippen molar-refractivity contribution in [3.63, 3.8) is 0 Å². The van der Waals surface area contributed by atoms with Gasteiger partial charge in [-0.3, -0.25) is 13.9 Å². The molecule has 0 atom stereocenters. The SMILES string of the molecule is N.NC=O.O=S(=O)(O)O.[Cr]. The molecule has 0 aromatic heterocycles. The standard InChI is InChI=1S/CH3NO.Cr.H3N.H2O4S/c2-1-3;;;1-5(2,3)4/h1H,(H2,2,3);;1H3;(H2,1,2,3,4). The summed E-state index contributed by atoms with van der Waals surface area (Å²) in [7, 11) is -4.67. The minimum atomic E-state index is -4.67. The quantitative estimate of drug-likeness (QED) is 0.286. The van der Waals surface area contributed by atoms with Crippen LogP contribution in [0.4, 0.5) is 0 Å². The number of hydrogen-bond donors (Lipinski definition) is 4. The third kappa shape index (κ3) is 13000. The second kappa shape index (κ2) is 11.6. The van der Waals surface area contributed by atoms with Crippen molar-refractivity contribution >= 4 is 16.8 Å². The van der Waals surface area contributed by atoms with E-state index in [1.54, 1.807) is 0 Å². The van der Waals surface area contributed by atoms with Gasteiger partial charge in [0.25, 0.3) is 0 Å². The Labute approximate surface area is 68.9 Å². The van der Waals surface area contributed by atoms with Crippen LogP contribution in [0, 0.1) is 0 Å². The van der Waals surface area contributed by atoms with E-state index in [0.29, 0.717) is 0 Å². The fourth-order valence-electron chi connectivity index (χ4n) is 0. The van der Waals surface area contributed by atoms with Gasteiger partial charge in [0.1, 0.15) is 0 Å². The Kier molecular flexibility index (Phi) is 26.2. The van der Waals surface area contributed by atoms with Crippen molar-refractivity contribution in [2.45, 2.75) is 0 Å². The molecule has 0 aliphatic rings. The van der Waals surface area contributed by atoms with Crippen LogP contribution in [0.3, 0.4) is 0 Å². The first-order valence-electron chi connectivity index (χ1n) is 1.27. The molecule has 0 aliphatic carbocycles. The monoisotopic (exact) mass is 212 g/mol. The molecule has 0 rings (SSSR count). The molecule has 7 nitrogen and oxygen atoms in total. The molecule has 9 heteroatoms. The molecular formula is CH8CrN2O5S. The van der Waals surface area contributed by atoms with Crippen LogP contribution in [0.2, 0.25) is 0 Å². The minimum Gasteiger partial charge on any atom is -0.372 e. The molecule has 7 N–H and O–H groups in total. The van der Waals surface area contributed by atoms with E-state index in [0.717, 1.165) is 0 Å². The molecule has 0 aliphatic heterocycles. The van der Waals surface area contributed by atoms with E-state index < -0.39 is 10.4 Å². The van der Waals surface area contributed by atoms with E-state index in [9.17, 15) is 0 Å². The van der Waals surface area contributed by atoms with E-state index >= 15 is 0 Å². The first-order valence-corrected chi connectivity index (χ1v) is 2.66. The number of nitrogens with two attached hydrogens (primary N) is 1. The molecule has 0 aromatic rings. The molecule has 0 spiro atoms. The van der Waals surface area contributed by atoms with Crippen LogP contribution in [0.15, 0.2) is 0 Å². The van der Waals surface area contributed by atoms with Gasteiger partial charge < -0.3 is 11.9 Å². The fourth-order valence-corrected chi connectivity index (χ4v) is 0. The normalized spacial score (nSPS) is 7.00. The predicted molar refractivity (Wildman–Crippen MR) is 29.5 cm³/mol. The average Bonchev–Trinajstić information content (AvgIpc) is 1.27. The average molecular weight is 212 g/mol. The topological polar surface area (TPSA) is 153 Å². The Morgan fingerprint density at radius 2 is 1.30 bits per heavy atom. The van der Waals surface area contributed by atoms with Gasteiger partial charge in [0.2, 0.25) is 6.41 Å². The predicted octanol–water partition coefficient (Wildman–Crippen LogP) is -1.39. The van der Waals surface area contributed by atoms with Gasteiger partial charge in [0.15, 0.2) is 0 Å². The molecule has 0 radical (unpaired) electrons. The number of carbonyl (C=O) groups excluding carboxylic acids is 1. The zero-order valence-electron chi connectivity index (χ0n) is 4.80. The number of rotatable bonds is 0. The van der Waals surface area contributed by atoms with Crippen molar-refractivity contribution in [2.75, 3.05) is 0 Å². The van der Waals surface area contributed by atoms with Gasteiger partial charge in [0, 0.05) is 17.4 Å². The zero-order chi connectivity index (χ0) is 7.21. The number of amides is 1. The van der Waals surface area contributed by atoms with Crippen LogP contribution in [0.1, 0.15) is 0 Å². The molecule has 0 heterocycles. The molecular weight excluding hydrogens is 204 g/mol. The van der Waals surface area contributed by atoms with Crippen LogP contribution in [-0.2, 0) is 32.6 Å². The summed E-state index contributed by atoms with van der Waals surface area (Å²) in [6.45, 7) is 0. The van der Waals surface area contributed by atoms with Crippen LogP contribution in [0.25, 0.3) is 0 Å². The molecule has 1 amide bonds. The second-order valence-electron chi connectivity index (χ2n) is 0.584. The number of hydrogen-bond acceptors (Lipinski definition) is 4. The Morgan fingerprint density at radius 1 is 1.30 bits per heavy atom. The summed E-state index contributed by atoms with van der Waals surface area (Å²) in [5, 5.41) is 0. The van der Waals surface area contributed by atoms with E-state index in [1.807, 2.05) is 0 Å². The first kappa shape index (κ1) is 22.5. The molecule has 0 fully saturated rings. The van der Waals surface area contributed by atoms with Gasteiger partial charge in [-0.15, -0.1) is 0 Å². The van der Waals surface area contributed by atoms with Crippen LogP contribution < -0.4 is 11.9 Å². The van der Waals surface area contributed by atoms with Gasteiger partial charge in [-0.25, -0.2) is 0 Å². The van der Waals surface area contributed by atoms with E-state index in [4.69, 9.17) is 22.3 Å². The number of carbonyl (C=O) groups is 1. The minimum absolute atomic E-state index is 0. The maximum atomic E-state index is 8.74. The van der Waals surface area contributed by atoms with Gasteiger partial charge in [-0.05, 0) is 0 Å². The van der Waals surface area contributed by atoms with Crippen LogP contribution in [-0.4, -0.2) is 23.9 Å². The first-order chi connectivity index (χ1) is 3.41. The Balaban J connectivity index is -0.0000000326. The third-order valence-corrected chi connectivity index (χ3v) is 0. The van der Waals surface area contributed by atoms with Gasteiger partial charge in [-0.2, -0.15) is 8.42 Å². The zero-order valence-corrected chi connectivity index (χ0v) is 6.89. The molecule has 0 aromatic carbocycles. The van der Waals surface area contributed by atoms with Crippen molar-refractivity contribution in [3.05, 3.63) is 0 Å². The van der Waals surface area contributed by atoms with Crippen LogP contribution >= 0.6 is 0 Å². The smallest absolute Gasteiger partial charge is 0.372 e. The Hall–Kier alpha value is -0.168. The summed E-state index contributed by atoms with van der Waals surface area (Å²) in [5.41, 5.74) is 4.17. The molecule has 0 saturated carbocycles. The summed E-state index contributed by atoms with van der Waals surface area (Å²) in [4.78, 5) is 8.58. The molecule has 0 unspecified atom stereocenters. The third-order valence-electron chi connectivity index (χ3n) is 0. The largest absolute Gasteiger partial charge is 0.394 e. The van der Waals surface area contributed by atoms with E-state index in [1.165, 1.54) is 0 Å². The second-order valence-corrected chi connectivity index (χ2v) is 1.48. The van der Waals surface area contributed by atoms with E-state index in [-0.39, 0.29) is 29.9 Å². The van der Waals surface area contributed by atoms with Gasteiger partial charge in [0.05, 0.1) is 0 Å². The summed E-state index contributed by atoms with van der Waals surface area (Å²) in [6, 6.07) is 0. The summed E-state index contributed by atoms with van der Waals surface area (Å²) in [5.74, 6) is 0. The number of primary amides is 1. The molecule has 10 heavy (non-hydrogen) atoms. The van der Waals surface area contributed by atoms with Crippen molar-refractivity contribution < 1.29 is 39.7 Å². The van der Waals surface area contributed by atoms with Gasteiger partial charge >= 0.3 is 10.4 Å². The molecule has 0 saturated heterocycles. The fraction of sp³-hybridized carbons (Fsp3) is 0. The maximum Gasteiger partial charge on any atom is 0.394 e. The van der Waals surface area contributed by atoms with Crippen molar-refractivity contribution in [2.24, 2.45) is 5.73 Å². The molecule has 0 bridgehead atoms. The van der Waals surface area contributed by atoms with Crippen LogP contribution in [0.5, 0.6) is 0 Å².